The van der Waals surface area contributed by atoms with E-state index in [1.54, 1.807) is 26.0 Å². The van der Waals surface area contributed by atoms with Crippen LogP contribution in [-0.4, -0.2) is 30.9 Å². The minimum absolute atomic E-state index is 0.0110. The van der Waals surface area contributed by atoms with Crippen LogP contribution >= 0.6 is 0 Å². The number of aromatic nitrogens is 5. The second kappa shape index (κ2) is 8.08. The van der Waals surface area contributed by atoms with Crippen molar-refractivity contribution >= 4 is 11.6 Å². The number of nitrogens with one attached hydrogen (secondary N) is 1. The van der Waals surface area contributed by atoms with Gasteiger partial charge >= 0.3 is 6.01 Å². The van der Waals surface area contributed by atoms with Crippen LogP contribution in [0.4, 0.5) is 10.1 Å². The molecule has 0 atom stereocenters. The smallest absolute Gasteiger partial charge is 0.322 e. The lowest BCUT2D eigenvalue weighted by atomic mass is 10.2. The maximum Gasteiger partial charge on any atom is 0.322 e. The van der Waals surface area contributed by atoms with E-state index < -0.39 is 11.7 Å². The van der Waals surface area contributed by atoms with E-state index in [4.69, 9.17) is 4.74 Å². The first kappa shape index (κ1) is 19.2. The van der Waals surface area contributed by atoms with E-state index in [-0.39, 0.29) is 17.5 Å². The van der Waals surface area contributed by atoms with Crippen molar-refractivity contribution in [1.29, 1.82) is 0 Å². The summed E-state index contributed by atoms with van der Waals surface area (Å²) in [5.74, 6) is -0.948. The third kappa shape index (κ3) is 4.00. The van der Waals surface area contributed by atoms with Crippen molar-refractivity contribution < 1.29 is 13.9 Å². The van der Waals surface area contributed by atoms with Crippen LogP contribution in [0, 0.1) is 19.7 Å². The van der Waals surface area contributed by atoms with E-state index >= 15 is 0 Å². The second-order valence-corrected chi connectivity index (χ2v) is 6.39. The van der Waals surface area contributed by atoms with Gasteiger partial charge in [0.2, 0.25) is 0 Å². The molecule has 1 amide bonds. The summed E-state index contributed by atoms with van der Waals surface area (Å²) in [4.78, 5) is 22.4. The molecule has 0 aliphatic carbocycles. The molecule has 8 nitrogen and oxygen atoms in total. The van der Waals surface area contributed by atoms with Gasteiger partial charge in [0.1, 0.15) is 0 Å². The zero-order valence-electron chi connectivity index (χ0n) is 16.2. The standard InChI is InChI=1S/C21H17FN6O2/c1-13-19(14(2)25-21(24-13)30-18-11-7-6-10-16(18)22)26-20(29)17-12-23-28(27-17)15-8-4-3-5-9-15/h3-12H,1-2H3,(H,26,29). The van der Waals surface area contributed by atoms with Crippen molar-refractivity contribution in [1.82, 2.24) is 25.0 Å². The van der Waals surface area contributed by atoms with Crippen molar-refractivity contribution in [2.24, 2.45) is 0 Å². The molecule has 0 radical (unpaired) electrons. The Morgan fingerprint density at radius 2 is 1.67 bits per heavy atom. The average molecular weight is 404 g/mol. The van der Waals surface area contributed by atoms with Crippen molar-refractivity contribution in [2.75, 3.05) is 5.32 Å². The Bertz CT molecular complexity index is 1190. The molecule has 150 valence electrons. The monoisotopic (exact) mass is 404 g/mol. The number of carbonyl (C=O) groups is 1. The Labute approximate surface area is 171 Å². The number of hydrogen-bond acceptors (Lipinski definition) is 6. The van der Waals surface area contributed by atoms with Crippen LogP contribution in [0.25, 0.3) is 5.69 Å². The van der Waals surface area contributed by atoms with E-state index in [0.717, 1.165) is 5.69 Å². The summed E-state index contributed by atoms with van der Waals surface area (Å²) in [7, 11) is 0. The van der Waals surface area contributed by atoms with E-state index in [0.29, 0.717) is 17.1 Å². The van der Waals surface area contributed by atoms with Crippen LogP contribution in [0.2, 0.25) is 0 Å². The van der Waals surface area contributed by atoms with Crippen LogP contribution < -0.4 is 10.1 Å². The van der Waals surface area contributed by atoms with Crippen molar-refractivity contribution in [3.8, 4) is 17.4 Å². The Hall–Kier alpha value is -4.14. The highest BCUT2D eigenvalue weighted by Gasteiger charge is 2.17. The van der Waals surface area contributed by atoms with Gasteiger partial charge in [-0.1, -0.05) is 30.3 Å². The van der Waals surface area contributed by atoms with Gasteiger partial charge in [-0.25, -0.2) is 4.39 Å². The number of rotatable bonds is 5. The van der Waals surface area contributed by atoms with Gasteiger partial charge in [-0.15, -0.1) is 5.10 Å². The molecule has 0 bridgehead atoms. The molecule has 0 saturated carbocycles. The summed E-state index contributed by atoms with van der Waals surface area (Å²) in [6, 6.07) is 15.2. The SMILES string of the molecule is Cc1nc(Oc2ccccc2F)nc(C)c1NC(=O)c1cnn(-c2ccccc2)n1. The van der Waals surface area contributed by atoms with Crippen molar-refractivity contribution in [3.05, 3.63) is 83.7 Å². The van der Waals surface area contributed by atoms with Crippen molar-refractivity contribution in [2.45, 2.75) is 13.8 Å². The predicted molar refractivity (Wildman–Crippen MR) is 107 cm³/mol. The molecular weight excluding hydrogens is 387 g/mol. The summed E-state index contributed by atoms with van der Waals surface area (Å²) < 4.78 is 19.2. The maximum absolute atomic E-state index is 13.8. The van der Waals surface area contributed by atoms with Gasteiger partial charge in [0.05, 0.1) is 29.0 Å². The normalized spacial score (nSPS) is 10.6. The van der Waals surface area contributed by atoms with Crippen LogP contribution in [0.15, 0.2) is 60.8 Å². The minimum atomic E-state index is -0.518. The molecule has 0 spiro atoms. The lowest BCUT2D eigenvalue weighted by molar-refractivity contribution is 0.102. The molecule has 0 aliphatic heterocycles. The van der Waals surface area contributed by atoms with Gasteiger partial charge < -0.3 is 10.1 Å². The molecule has 0 fully saturated rings. The number of para-hydroxylation sites is 2. The van der Waals surface area contributed by atoms with Crippen LogP contribution in [-0.2, 0) is 0 Å². The third-order valence-corrected chi connectivity index (χ3v) is 4.24. The number of aryl methyl sites for hydroxylation is 2. The molecule has 2 heterocycles. The Balaban J connectivity index is 1.53. The molecule has 9 heteroatoms. The lowest BCUT2D eigenvalue weighted by Crippen LogP contribution is -2.16. The van der Waals surface area contributed by atoms with Crippen LogP contribution in [0.5, 0.6) is 11.8 Å². The molecule has 2 aromatic carbocycles. The van der Waals surface area contributed by atoms with Crippen LogP contribution in [0.3, 0.4) is 0 Å². The fourth-order valence-corrected chi connectivity index (χ4v) is 2.77. The largest absolute Gasteiger partial charge is 0.421 e. The summed E-state index contributed by atoms with van der Waals surface area (Å²) in [5, 5.41) is 11.1. The number of benzene rings is 2. The van der Waals surface area contributed by atoms with E-state index in [1.807, 2.05) is 30.3 Å². The highest BCUT2D eigenvalue weighted by Crippen LogP contribution is 2.25. The first-order valence-corrected chi connectivity index (χ1v) is 9.08. The molecule has 0 aliphatic rings. The zero-order valence-corrected chi connectivity index (χ0v) is 16.2. The molecule has 4 rings (SSSR count). The fraction of sp³-hybridized carbons (Fsp3) is 0.0952. The maximum atomic E-state index is 13.8. The Morgan fingerprint density at radius 3 is 2.37 bits per heavy atom. The molecule has 0 unspecified atom stereocenters. The number of carbonyl (C=O) groups excluding carboxylic acids is 1. The van der Waals surface area contributed by atoms with Gasteiger partial charge in [-0.05, 0) is 38.1 Å². The van der Waals surface area contributed by atoms with Gasteiger partial charge in [0, 0.05) is 0 Å². The quantitative estimate of drug-likeness (QED) is 0.543. The number of halogens is 1. The Morgan fingerprint density at radius 1 is 1.00 bits per heavy atom. The molecule has 2 aromatic heterocycles. The van der Waals surface area contributed by atoms with Crippen LogP contribution in [0.1, 0.15) is 21.9 Å². The molecule has 4 aromatic rings. The number of ether oxygens (including phenoxy) is 1. The molecule has 30 heavy (non-hydrogen) atoms. The van der Waals surface area contributed by atoms with Gasteiger partial charge in [0.25, 0.3) is 5.91 Å². The summed E-state index contributed by atoms with van der Waals surface area (Å²) in [5.41, 5.74) is 2.25. The first-order valence-electron chi connectivity index (χ1n) is 9.08. The second-order valence-electron chi connectivity index (χ2n) is 6.39. The predicted octanol–water partition coefficient (Wildman–Crippen LogP) is 3.86. The number of hydrogen-bond donors (Lipinski definition) is 1. The van der Waals surface area contributed by atoms with E-state index in [9.17, 15) is 9.18 Å². The van der Waals surface area contributed by atoms with Gasteiger partial charge in [-0.2, -0.15) is 19.9 Å². The number of amides is 1. The fourth-order valence-electron chi connectivity index (χ4n) is 2.77. The Kier molecular flexibility index (Phi) is 5.17. The minimum Gasteiger partial charge on any atom is -0.421 e. The topological polar surface area (TPSA) is 94.8 Å². The average Bonchev–Trinajstić information content (AvgIpc) is 3.23. The highest BCUT2D eigenvalue weighted by molar-refractivity contribution is 6.03. The molecular formula is C21H17FN6O2. The highest BCUT2D eigenvalue weighted by atomic mass is 19.1. The lowest BCUT2D eigenvalue weighted by Gasteiger charge is -2.12. The van der Waals surface area contributed by atoms with Gasteiger partial charge in [-0.3, -0.25) is 4.79 Å². The third-order valence-electron chi connectivity index (χ3n) is 4.24. The number of nitrogens with zero attached hydrogens (tertiary/aromatic N) is 5. The van der Waals surface area contributed by atoms with E-state index in [2.05, 4.69) is 25.5 Å². The van der Waals surface area contributed by atoms with Gasteiger partial charge in [0.15, 0.2) is 17.3 Å². The molecule has 1 N–H and O–H groups in total. The van der Waals surface area contributed by atoms with E-state index in [1.165, 1.54) is 23.1 Å². The number of anilines is 1. The summed E-state index contributed by atoms with van der Waals surface area (Å²) in [6.07, 6.45) is 1.38. The summed E-state index contributed by atoms with van der Waals surface area (Å²) >= 11 is 0. The summed E-state index contributed by atoms with van der Waals surface area (Å²) in [6.45, 7) is 3.39. The zero-order chi connectivity index (χ0) is 21.1. The first-order chi connectivity index (χ1) is 14.5. The van der Waals surface area contributed by atoms with Crippen molar-refractivity contribution in [3.63, 3.8) is 0 Å². The molecule has 0 saturated heterocycles.